The van der Waals surface area contributed by atoms with Crippen LogP contribution in [0, 0.1) is 5.41 Å². The minimum atomic E-state index is -4.23. The van der Waals surface area contributed by atoms with Gasteiger partial charge >= 0.3 is 0 Å². The summed E-state index contributed by atoms with van der Waals surface area (Å²) < 4.78 is 30.7. The molecule has 82 valence electrons. The van der Waals surface area contributed by atoms with Crippen molar-refractivity contribution >= 4 is 16.1 Å². The molecule has 0 aliphatic heterocycles. The van der Waals surface area contributed by atoms with Crippen LogP contribution in [0.4, 0.5) is 0 Å². The first-order valence-electron chi connectivity index (χ1n) is 4.06. The molecule has 0 saturated carbocycles. The van der Waals surface area contributed by atoms with Crippen molar-refractivity contribution in [2.45, 2.75) is 25.6 Å². The fourth-order valence-corrected chi connectivity index (χ4v) is 1.93. The van der Waals surface area contributed by atoms with E-state index in [0.29, 0.717) is 0 Å². The van der Waals surface area contributed by atoms with Crippen molar-refractivity contribution < 1.29 is 13.0 Å². The first kappa shape index (κ1) is 12.9. The Morgan fingerprint density at radius 1 is 1.71 bits per heavy atom. The van der Waals surface area contributed by atoms with Gasteiger partial charge in [0.1, 0.15) is 0 Å². The lowest BCUT2D eigenvalue weighted by Gasteiger charge is -2.25. The summed E-state index contributed by atoms with van der Waals surface area (Å²) in [4.78, 5) is 0.995. The van der Waals surface area contributed by atoms with Crippen LogP contribution in [-0.4, -0.2) is 29.2 Å². The van der Waals surface area contributed by atoms with Crippen molar-refractivity contribution in [1.29, 1.82) is 5.41 Å². The Hall–Kier alpha value is -1.08. The van der Waals surface area contributed by atoms with Gasteiger partial charge in [0.25, 0.3) is 10.1 Å². The summed E-state index contributed by atoms with van der Waals surface area (Å²) in [7, 11) is -4.23. The number of guanidine groups is 1. The van der Waals surface area contributed by atoms with Gasteiger partial charge in [0.2, 0.25) is 0 Å². The van der Waals surface area contributed by atoms with Gasteiger partial charge in [-0.05, 0) is 13.3 Å². The topological polar surface area (TPSA) is 107 Å². The molecule has 1 atom stereocenters. The normalized spacial score (nSPS) is 14.2. The van der Waals surface area contributed by atoms with Crippen molar-refractivity contribution in [3.8, 4) is 0 Å². The zero-order valence-corrected chi connectivity index (χ0v) is 8.95. The maximum Gasteiger partial charge on any atom is 0.286 e. The van der Waals surface area contributed by atoms with E-state index in [9.17, 15) is 8.42 Å². The van der Waals surface area contributed by atoms with Crippen molar-refractivity contribution in [2.75, 3.05) is 0 Å². The molecule has 14 heavy (non-hydrogen) atoms. The van der Waals surface area contributed by atoms with Crippen molar-refractivity contribution in [3.63, 3.8) is 0 Å². The Labute approximate surface area is 83.7 Å². The third-order valence-corrected chi connectivity index (χ3v) is 2.84. The maximum absolute atomic E-state index is 10.9. The predicted octanol–water partition coefficient (Wildman–Crippen LogP) is 0.339. The van der Waals surface area contributed by atoms with E-state index < -0.39 is 21.5 Å². The van der Waals surface area contributed by atoms with Gasteiger partial charge in [-0.2, -0.15) is 8.42 Å². The summed E-state index contributed by atoms with van der Waals surface area (Å²) >= 11 is 0. The summed E-state index contributed by atoms with van der Waals surface area (Å²) in [6.45, 7) is 3.24. The lowest BCUT2D eigenvalue weighted by molar-refractivity contribution is 0.401. The molecule has 0 aromatic heterocycles. The van der Waals surface area contributed by atoms with E-state index >= 15 is 0 Å². The number of nitrogens with one attached hydrogen (secondary N) is 1. The van der Waals surface area contributed by atoms with Crippen molar-refractivity contribution in [3.05, 3.63) is 12.3 Å². The zero-order valence-electron chi connectivity index (χ0n) is 8.14. The number of rotatable bonds is 4. The van der Waals surface area contributed by atoms with Crippen molar-refractivity contribution in [2.24, 2.45) is 5.73 Å². The second-order valence-electron chi connectivity index (χ2n) is 2.65. The Bertz CT molecular complexity index is 323. The lowest BCUT2D eigenvalue weighted by Crippen LogP contribution is -2.44. The van der Waals surface area contributed by atoms with Crippen LogP contribution in [-0.2, 0) is 10.1 Å². The van der Waals surface area contributed by atoms with Gasteiger partial charge in [-0.25, -0.2) is 0 Å². The number of nitrogens with two attached hydrogens (primary N) is 1. The van der Waals surface area contributed by atoms with E-state index in [0.717, 1.165) is 4.90 Å². The molecule has 0 saturated heterocycles. The molecule has 1 unspecified atom stereocenters. The molecule has 4 N–H and O–H groups in total. The lowest BCUT2D eigenvalue weighted by atomic mass is 10.4. The first-order chi connectivity index (χ1) is 6.34. The van der Waals surface area contributed by atoms with E-state index in [4.69, 9.17) is 15.7 Å². The third-order valence-electron chi connectivity index (χ3n) is 1.59. The number of nitrogens with zero attached hydrogens (tertiary/aromatic N) is 1. The molecule has 0 radical (unpaired) electrons. The highest BCUT2D eigenvalue weighted by atomic mass is 32.2. The smallest absolute Gasteiger partial charge is 0.286 e. The molecule has 0 fully saturated rings. The zero-order chi connectivity index (χ0) is 11.4. The van der Waals surface area contributed by atoms with E-state index in [-0.39, 0.29) is 6.42 Å². The highest BCUT2D eigenvalue weighted by molar-refractivity contribution is 7.86. The maximum atomic E-state index is 10.9. The van der Waals surface area contributed by atoms with Gasteiger partial charge in [-0.3, -0.25) is 14.9 Å². The predicted molar refractivity (Wildman–Crippen MR) is 54.2 cm³/mol. The van der Waals surface area contributed by atoms with E-state index in [1.165, 1.54) is 12.3 Å². The Kier molecular flexibility index (Phi) is 4.58. The molecule has 0 heterocycles. The fraction of sp³-hybridized carbons (Fsp3) is 0.571. The van der Waals surface area contributed by atoms with E-state index in [1.54, 1.807) is 13.8 Å². The fourth-order valence-electron chi connectivity index (χ4n) is 1.04. The van der Waals surface area contributed by atoms with Crippen LogP contribution in [0.3, 0.4) is 0 Å². The SMILES string of the molecule is CC=CN(C(=N)N)C(CC)S(=O)(=O)O. The minimum Gasteiger partial charge on any atom is -0.370 e. The molecule has 0 spiro atoms. The van der Waals surface area contributed by atoms with Crippen LogP contribution in [0.15, 0.2) is 12.3 Å². The number of allylic oxidation sites excluding steroid dienone is 1. The highest BCUT2D eigenvalue weighted by Crippen LogP contribution is 2.10. The van der Waals surface area contributed by atoms with Crippen molar-refractivity contribution in [1.82, 2.24) is 4.90 Å². The summed E-state index contributed by atoms with van der Waals surface area (Å²) in [6.07, 6.45) is 3.02. The van der Waals surface area contributed by atoms with Crippen LogP contribution in [0.2, 0.25) is 0 Å². The largest absolute Gasteiger partial charge is 0.370 e. The quantitative estimate of drug-likeness (QED) is 0.360. The molecule has 0 bridgehead atoms. The molecule has 0 aliphatic rings. The Morgan fingerprint density at radius 3 is 2.43 bits per heavy atom. The monoisotopic (exact) mass is 221 g/mol. The van der Waals surface area contributed by atoms with Gasteiger partial charge in [0.05, 0.1) is 0 Å². The molecule has 6 nitrogen and oxygen atoms in total. The summed E-state index contributed by atoms with van der Waals surface area (Å²) in [5.41, 5.74) is 5.18. The molecular weight excluding hydrogens is 206 g/mol. The number of hydrogen-bond donors (Lipinski definition) is 3. The van der Waals surface area contributed by atoms with Gasteiger partial charge < -0.3 is 5.73 Å². The van der Waals surface area contributed by atoms with Crippen LogP contribution >= 0.6 is 0 Å². The molecular formula is C7H15N3O3S. The standard InChI is InChI=1S/C7H15N3O3S/c1-3-5-10(7(8)9)6(4-2)14(11,12)13/h3,5-6H,4H2,1-2H3,(H3,8,9)(H,11,12,13). The summed E-state index contributed by atoms with van der Waals surface area (Å²) in [6, 6.07) is 0. The Balaban J connectivity index is 5.06. The first-order valence-corrected chi connectivity index (χ1v) is 5.56. The molecule has 7 heteroatoms. The average Bonchev–Trinajstić information content (AvgIpc) is 2.01. The third kappa shape index (κ3) is 3.35. The van der Waals surface area contributed by atoms with Crippen LogP contribution in [0.5, 0.6) is 0 Å². The van der Waals surface area contributed by atoms with Gasteiger partial charge in [0.15, 0.2) is 11.3 Å². The van der Waals surface area contributed by atoms with Gasteiger partial charge in [-0.1, -0.05) is 13.0 Å². The highest BCUT2D eigenvalue weighted by Gasteiger charge is 2.27. The summed E-state index contributed by atoms with van der Waals surface area (Å²) in [5, 5.41) is 5.95. The average molecular weight is 221 g/mol. The van der Waals surface area contributed by atoms with Crippen LogP contribution < -0.4 is 5.73 Å². The van der Waals surface area contributed by atoms with Gasteiger partial charge in [0, 0.05) is 6.20 Å². The van der Waals surface area contributed by atoms with Crippen LogP contribution in [0.25, 0.3) is 0 Å². The number of hydrogen-bond acceptors (Lipinski definition) is 3. The molecule has 0 aromatic carbocycles. The molecule has 0 aliphatic carbocycles. The minimum absolute atomic E-state index is 0.142. The van der Waals surface area contributed by atoms with E-state index in [1.807, 2.05) is 0 Å². The molecule has 0 aromatic rings. The summed E-state index contributed by atoms with van der Waals surface area (Å²) in [5.74, 6) is -0.424. The van der Waals surface area contributed by atoms with E-state index in [2.05, 4.69) is 0 Å². The second kappa shape index (κ2) is 4.97. The van der Waals surface area contributed by atoms with Crippen LogP contribution in [0.1, 0.15) is 20.3 Å². The second-order valence-corrected chi connectivity index (χ2v) is 4.23. The van der Waals surface area contributed by atoms with Gasteiger partial charge in [-0.15, -0.1) is 0 Å². The molecule has 0 amide bonds. The molecule has 0 rings (SSSR count). The Morgan fingerprint density at radius 2 is 2.21 bits per heavy atom.